The lowest BCUT2D eigenvalue weighted by Crippen LogP contribution is -2.52. The molecule has 1 N–H and O–H groups in total. The Morgan fingerprint density at radius 2 is 1.88 bits per heavy atom. The molecule has 1 aliphatic rings. The number of aryl methyl sites for hydroxylation is 1. The first-order valence-corrected chi connectivity index (χ1v) is 9.07. The van der Waals surface area contributed by atoms with Crippen molar-refractivity contribution in [3.8, 4) is 0 Å². The monoisotopic (exact) mass is 468 g/mol. The van der Waals surface area contributed by atoms with Crippen molar-refractivity contribution < 1.29 is 0 Å². The van der Waals surface area contributed by atoms with Gasteiger partial charge in [-0.05, 0) is 31.0 Å². The maximum absolute atomic E-state index is 4.82. The Kier molecular flexibility index (Phi) is 8.21. The summed E-state index contributed by atoms with van der Waals surface area (Å²) in [4.78, 5) is 9.62. The number of halogens is 1. The summed E-state index contributed by atoms with van der Waals surface area (Å²) in [6, 6.07) is 10.6. The number of para-hydroxylation sites is 1. The highest BCUT2D eigenvalue weighted by Gasteiger charge is 2.19. The number of aliphatic imine (C=N–C) groups is 1. The molecule has 0 aliphatic carbocycles. The molecule has 1 aliphatic heterocycles. The van der Waals surface area contributed by atoms with Crippen molar-refractivity contribution in [1.29, 1.82) is 0 Å². The molecule has 7 heteroatoms. The first-order valence-electron chi connectivity index (χ1n) is 9.07. The molecular formula is C19H29IN6. The second-order valence-electron chi connectivity index (χ2n) is 6.32. The molecule has 0 unspecified atom stereocenters. The number of hydrogen-bond donors (Lipinski definition) is 1. The summed E-state index contributed by atoms with van der Waals surface area (Å²) in [7, 11) is 1.95. The van der Waals surface area contributed by atoms with Crippen LogP contribution in [0, 0.1) is 0 Å². The smallest absolute Gasteiger partial charge is 0.194 e. The summed E-state index contributed by atoms with van der Waals surface area (Å²) >= 11 is 0. The van der Waals surface area contributed by atoms with E-state index in [-0.39, 0.29) is 24.0 Å². The summed E-state index contributed by atoms with van der Waals surface area (Å²) in [6.45, 7) is 7.84. The van der Waals surface area contributed by atoms with Gasteiger partial charge in [-0.3, -0.25) is 9.67 Å². The van der Waals surface area contributed by atoms with Crippen LogP contribution >= 0.6 is 24.0 Å². The van der Waals surface area contributed by atoms with Crippen LogP contribution in [0.4, 0.5) is 5.69 Å². The minimum absolute atomic E-state index is 0. The van der Waals surface area contributed by atoms with Crippen LogP contribution in [0.5, 0.6) is 0 Å². The standard InChI is InChI=1S/C19H28N6.HI/c1-3-20-19(21-10-9-17-15-22-23(2)16-17)25-13-11-24(12-14-25)18-7-5-4-6-8-18;/h4-8,15-16H,3,9-14H2,1-2H3,(H,20,21);1H. The highest BCUT2D eigenvalue weighted by molar-refractivity contribution is 14.0. The zero-order valence-electron chi connectivity index (χ0n) is 15.6. The third-order valence-corrected chi connectivity index (χ3v) is 4.46. The number of nitrogens with zero attached hydrogens (tertiary/aromatic N) is 5. The fraction of sp³-hybridized carbons (Fsp3) is 0.474. The number of piperazine rings is 1. The quantitative estimate of drug-likeness (QED) is 0.416. The van der Waals surface area contributed by atoms with E-state index in [1.807, 2.05) is 17.9 Å². The van der Waals surface area contributed by atoms with Crippen LogP contribution in [-0.4, -0.2) is 59.9 Å². The Labute approximate surface area is 173 Å². The normalized spacial score (nSPS) is 14.9. The van der Waals surface area contributed by atoms with Gasteiger partial charge in [0, 0.05) is 58.2 Å². The molecule has 3 rings (SSSR count). The van der Waals surface area contributed by atoms with E-state index >= 15 is 0 Å². The number of aromatic nitrogens is 2. The summed E-state index contributed by atoms with van der Waals surface area (Å²) in [5, 5.41) is 7.65. The first-order chi connectivity index (χ1) is 12.3. The van der Waals surface area contributed by atoms with Gasteiger partial charge in [0.05, 0.1) is 6.20 Å². The second-order valence-corrected chi connectivity index (χ2v) is 6.32. The number of rotatable bonds is 5. The molecule has 6 nitrogen and oxygen atoms in total. The van der Waals surface area contributed by atoms with Crippen LogP contribution in [0.3, 0.4) is 0 Å². The topological polar surface area (TPSA) is 48.7 Å². The van der Waals surface area contributed by atoms with Gasteiger partial charge in [-0.15, -0.1) is 24.0 Å². The lowest BCUT2D eigenvalue weighted by atomic mass is 10.2. The maximum Gasteiger partial charge on any atom is 0.194 e. The summed E-state index contributed by atoms with van der Waals surface area (Å²) in [5.41, 5.74) is 2.54. The van der Waals surface area contributed by atoms with E-state index in [1.165, 1.54) is 11.3 Å². The number of hydrogen-bond acceptors (Lipinski definition) is 3. The van der Waals surface area contributed by atoms with Gasteiger partial charge in [0.25, 0.3) is 0 Å². The van der Waals surface area contributed by atoms with Crippen LogP contribution in [0.1, 0.15) is 12.5 Å². The van der Waals surface area contributed by atoms with E-state index < -0.39 is 0 Å². The number of anilines is 1. The van der Waals surface area contributed by atoms with Crippen molar-refractivity contribution in [1.82, 2.24) is 20.0 Å². The van der Waals surface area contributed by atoms with Gasteiger partial charge in [-0.1, -0.05) is 18.2 Å². The Balaban J connectivity index is 0.00000243. The largest absolute Gasteiger partial charge is 0.368 e. The minimum atomic E-state index is 0. The van der Waals surface area contributed by atoms with Crippen molar-refractivity contribution in [3.63, 3.8) is 0 Å². The molecule has 1 saturated heterocycles. The fourth-order valence-corrected chi connectivity index (χ4v) is 3.13. The Morgan fingerprint density at radius 1 is 1.15 bits per heavy atom. The highest BCUT2D eigenvalue weighted by atomic mass is 127. The van der Waals surface area contributed by atoms with Crippen molar-refractivity contribution in [3.05, 3.63) is 48.3 Å². The van der Waals surface area contributed by atoms with Gasteiger partial charge < -0.3 is 15.1 Å². The highest BCUT2D eigenvalue weighted by Crippen LogP contribution is 2.15. The lowest BCUT2D eigenvalue weighted by Gasteiger charge is -2.37. The zero-order valence-corrected chi connectivity index (χ0v) is 18.0. The van der Waals surface area contributed by atoms with Gasteiger partial charge in [-0.2, -0.15) is 5.10 Å². The maximum atomic E-state index is 4.82. The number of nitrogens with one attached hydrogen (secondary N) is 1. The lowest BCUT2D eigenvalue weighted by molar-refractivity contribution is 0.372. The van der Waals surface area contributed by atoms with Gasteiger partial charge >= 0.3 is 0 Å². The van der Waals surface area contributed by atoms with Crippen LogP contribution in [0.25, 0.3) is 0 Å². The second kappa shape index (κ2) is 10.4. The zero-order chi connectivity index (χ0) is 17.5. The number of benzene rings is 1. The van der Waals surface area contributed by atoms with E-state index in [9.17, 15) is 0 Å². The molecule has 0 radical (unpaired) electrons. The Hall–Kier alpha value is -1.77. The van der Waals surface area contributed by atoms with Gasteiger partial charge in [0.15, 0.2) is 5.96 Å². The van der Waals surface area contributed by atoms with E-state index in [1.54, 1.807) is 0 Å². The molecule has 0 bridgehead atoms. The van der Waals surface area contributed by atoms with Crippen LogP contribution in [-0.2, 0) is 13.5 Å². The molecular weight excluding hydrogens is 439 g/mol. The Bertz CT molecular complexity index is 676. The van der Waals surface area contributed by atoms with Crippen LogP contribution in [0.15, 0.2) is 47.7 Å². The average Bonchev–Trinajstić information content (AvgIpc) is 3.07. The predicted molar refractivity (Wildman–Crippen MR) is 119 cm³/mol. The van der Waals surface area contributed by atoms with Gasteiger partial charge in [0.1, 0.15) is 0 Å². The molecule has 0 spiro atoms. The summed E-state index contributed by atoms with van der Waals surface area (Å²) in [5.74, 6) is 1.03. The van der Waals surface area contributed by atoms with E-state index in [2.05, 4.69) is 63.7 Å². The van der Waals surface area contributed by atoms with E-state index in [0.717, 1.165) is 51.6 Å². The molecule has 0 amide bonds. The van der Waals surface area contributed by atoms with Crippen LogP contribution < -0.4 is 10.2 Å². The molecule has 142 valence electrons. The molecule has 2 aromatic rings. The molecule has 0 saturated carbocycles. The van der Waals surface area contributed by atoms with Crippen molar-refractivity contribution in [2.75, 3.05) is 44.2 Å². The molecule has 2 heterocycles. The molecule has 26 heavy (non-hydrogen) atoms. The van der Waals surface area contributed by atoms with E-state index in [4.69, 9.17) is 4.99 Å². The van der Waals surface area contributed by atoms with Gasteiger partial charge in [0.2, 0.25) is 0 Å². The third kappa shape index (κ3) is 5.62. The van der Waals surface area contributed by atoms with Crippen molar-refractivity contribution >= 4 is 35.6 Å². The molecule has 1 aromatic carbocycles. The minimum Gasteiger partial charge on any atom is -0.368 e. The predicted octanol–water partition coefficient (Wildman–Crippen LogP) is 2.37. The molecule has 1 fully saturated rings. The third-order valence-electron chi connectivity index (χ3n) is 4.46. The number of guanidine groups is 1. The SMILES string of the molecule is CCNC(=NCCc1cnn(C)c1)N1CCN(c2ccccc2)CC1.I. The fourth-order valence-electron chi connectivity index (χ4n) is 3.13. The van der Waals surface area contributed by atoms with Gasteiger partial charge in [-0.25, -0.2) is 0 Å². The Morgan fingerprint density at radius 3 is 2.50 bits per heavy atom. The summed E-state index contributed by atoms with van der Waals surface area (Å²) in [6.07, 6.45) is 4.90. The first kappa shape index (κ1) is 20.5. The molecule has 0 atom stereocenters. The molecule has 1 aromatic heterocycles. The van der Waals surface area contributed by atoms with Crippen molar-refractivity contribution in [2.45, 2.75) is 13.3 Å². The van der Waals surface area contributed by atoms with E-state index in [0.29, 0.717) is 0 Å². The summed E-state index contributed by atoms with van der Waals surface area (Å²) < 4.78 is 1.84. The van der Waals surface area contributed by atoms with Crippen molar-refractivity contribution in [2.24, 2.45) is 12.0 Å². The average molecular weight is 468 g/mol. The van der Waals surface area contributed by atoms with Crippen LogP contribution in [0.2, 0.25) is 0 Å².